The molecule has 0 saturated heterocycles. The van der Waals surface area contributed by atoms with Crippen molar-refractivity contribution < 1.29 is 4.42 Å². The van der Waals surface area contributed by atoms with Gasteiger partial charge in [-0.05, 0) is 46.8 Å². The summed E-state index contributed by atoms with van der Waals surface area (Å²) in [5, 5.41) is 10.8. The third-order valence-electron chi connectivity index (χ3n) is 11.7. The molecule has 254 valence electrons. The zero-order valence-electron chi connectivity index (χ0n) is 29.4. The minimum absolute atomic E-state index is 0.611. The molecule has 5 heterocycles. The number of benzene rings is 8. The van der Waals surface area contributed by atoms with E-state index in [1.807, 2.05) is 24.3 Å². The van der Waals surface area contributed by atoms with E-state index < -0.39 is 0 Å². The van der Waals surface area contributed by atoms with Gasteiger partial charge in [0.2, 0.25) is 5.95 Å². The van der Waals surface area contributed by atoms with Crippen molar-refractivity contribution in [2.45, 2.75) is 0 Å². The van der Waals surface area contributed by atoms with E-state index in [0.29, 0.717) is 11.5 Å². The Labute approximate surface area is 313 Å². The second-order valence-corrected chi connectivity index (χ2v) is 14.5. The van der Waals surface area contributed by atoms with Crippen LogP contribution < -0.4 is 0 Å². The average Bonchev–Trinajstić information content (AvgIpc) is 3.99. The van der Waals surface area contributed by atoms with E-state index in [2.05, 4.69) is 155 Å². The van der Waals surface area contributed by atoms with Crippen LogP contribution in [0.1, 0.15) is 0 Å². The summed E-state index contributed by atoms with van der Waals surface area (Å²) in [6, 6.07) is 60.4. The third-order valence-corrected chi connectivity index (χ3v) is 11.7. The van der Waals surface area contributed by atoms with Crippen LogP contribution in [0.2, 0.25) is 0 Å². The highest BCUT2D eigenvalue weighted by Gasteiger charge is 2.26. The Balaban J connectivity index is 1.18. The van der Waals surface area contributed by atoms with Crippen molar-refractivity contribution in [1.82, 2.24) is 18.9 Å². The number of para-hydroxylation sites is 3. The molecule has 8 aromatic carbocycles. The van der Waals surface area contributed by atoms with Crippen molar-refractivity contribution in [3.05, 3.63) is 170 Å². The first kappa shape index (κ1) is 29.0. The SMILES string of the molecule is c1ccc(-c2ccc(-c3nc(-n4c5ccccc5c5c6c7ccc8ccccc8c7n7c8ccccc8c(cc54)c67)nc4c3oc3ccccc34)cc2)cc1. The van der Waals surface area contributed by atoms with Crippen molar-refractivity contribution >= 4 is 92.7 Å². The van der Waals surface area contributed by atoms with Crippen LogP contribution in [-0.4, -0.2) is 18.9 Å². The first-order chi connectivity index (χ1) is 27.3. The zero-order chi connectivity index (χ0) is 35.8. The van der Waals surface area contributed by atoms with Crippen LogP contribution >= 0.6 is 0 Å². The first-order valence-corrected chi connectivity index (χ1v) is 18.7. The lowest BCUT2D eigenvalue weighted by Crippen LogP contribution is -2.03. The van der Waals surface area contributed by atoms with Crippen LogP contribution in [0.25, 0.3) is 121 Å². The van der Waals surface area contributed by atoms with Crippen LogP contribution in [0, 0.1) is 0 Å². The molecule has 55 heavy (non-hydrogen) atoms. The minimum Gasteiger partial charge on any atom is -0.452 e. The van der Waals surface area contributed by atoms with Crippen molar-refractivity contribution in [1.29, 1.82) is 0 Å². The lowest BCUT2D eigenvalue weighted by atomic mass is 10.00. The maximum absolute atomic E-state index is 6.58. The zero-order valence-corrected chi connectivity index (χ0v) is 29.4. The van der Waals surface area contributed by atoms with Gasteiger partial charge in [0.15, 0.2) is 5.58 Å². The van der Waals surface area contributed by atoms with Gasteiger partial charge in [0.25, 0.3) is 0 Å². The van der Waals surface area contributed by atoms with Gasteiger partial charge in [-0.25, -0.2) is 9.97 Å². The molecule has 0 fully saturated rings. The Bertz CT molecular complexity index is 3700. The van der Waals surface area contributed by atoms with Crippen LogP contribution in [0.15, 0.2) is 174 Å². The molecule has 13 rings (SSSR count). The van der Waals surface area contributed by atoms with Crippen molar-refractivity contribution in [3.63, 3.8) is 0 Å². The number of aromatic nitrogens is 4. The predicted octanol–water partition coefficient (Wildman–Crippen LogP) is 13.1. The van der Waals surface area contributed by atoms with E-state index in [1.165, 1.54) is 65.2 Å². The largest absolute Gasteiger partial charge is 0.452 e. The highest BCUT2D eigenvalue weighted by atomic mass is 16.3. The molecule has 13 aromatic rings. The molecule has 0 bridgehead atoms. The molecule has 5 nitrogen and oxygen atoms in total. The summed E-state index contributed by atoms with van der Waals surface area (Å²) in [4.78, 5) is 10.8. The number of fused-ring (bicyclic) bond motifs is 15. The van der Waals surface area contributed by atoms with Crippen molar-refractivity contribution in [2.75, 3.05) is 0 Å². The Hall–Kier alpha value is -7.50. The highest BCUT2D eigenvalue weighted by molar-refractivity contribution is 6.37. The summed E-state index contributed by atoms with van der Waals surface area (Å²) in [5.41, 5.74) is 12.2. The summed E-state index contributed by atoms with van der Waals surface area (Å²) in [6.07, 6.45) is 0. The standard InChI is InChI=1S/C50H28N4O/c1-2-12-29(13-3-1)30-22-24-32(25-23-30)45-49-46(36-18-8-11-21-42(36)55-49)52-50(51-45)53-40-20-10-7-17-35(40)43-41(53)28-38-34-16-6-9-19-39(34)54-47-33-15-5-4-14-31(33)26-27-37(47)44(43)48(38)54/h1-28H. The van der Waals surface area contributed by atoms with E-state index in [4.69, 9.17) is 14.4 Å². The number of hydrogen-bond acceptors (Lipinski definition) is 3. The lowest BCUT2D eigenvalue weighted by molar-refractivity contribution is 0.666. The van der Waals surface area contributed by atoms with Gasteiger partial charge in [-0.2, -0.15) is 0 Å². The van der Waals surface area contributed by atoms with Crippen LogP contribution in [0.3, 0.4) is 0 Å². The van der Waals surface area contributed by atoms with Crippen LogP contribution in [0.4, 0.5) is 0 Å². The van der Waals surface area contributed by atoms with Gasteiger partial charge in [-0.1, -0.05) is 140 Å². The van der Waals surface area contributed by atoms with Gasteiger partial charge in [0.1, 0.15) is 16.8 Å². The molecule has 0 atom stereocenters. The molecule has 0 aliphatic rings. The smallest absolute Gasteiger partial charge is 0.236 e. The predicted molar refractivity (Wildman–Crippen MR) is 227 cm³/mol. The lowest BCUT2D eigenvalue weighted by Gasteiger charge is -2.10. The molecule has 0 aliphatic carbocycles. The van der Waals surface area contributed by atoms with E-state index in [1.54, 1.807) is 0 Å². The van der Waals surface area contributed by atoms with Gasteiger partial charge in [0, 0.05) is 48.7 Å². The Kier molecular flexibility index (Phi) is 5.57. The highest BCUT2D eigenvalue weighted by Crippen LogP contribution is 2.48. The number of rotatable bonds is 3. The third kappa shape index (κ3) is 3.81. The monoisotopic (exact) mass is 700 g/mol. The van der Waals surface area contributed by atoms with Gasteiger partial charge in [0.05, 0.1) is 27.6 Å². The number of nitrogens with zero attached hydrogens (tertiary/aromatic N) is 4. The molecule has 5 heteroatoms. The first-order valence-electron chi connectivity index (χ1n) is 18.7. The van der Waals surface area contributed by atoms with Crippen molar-refractivity contribution in [2.24, 2.45) is 0 Å². The quantitative estimate of drug-likeness (QED) is 0.184. The molecule has 0 unspecified atom stereocenters. The summed E-state index contributed by atoms with van der Waals surface area (Å²) in [7, 11) is 0. The van der Waals surface area contributed by atoms with E-state index >= 15 is 0 Å². The van der Waals surface area contributed by atoms with Gasteiger partial charge in [-0.3, -0.25) is 4.57 Å². The summed E-state index contributed by atoms with van der Waals surface area (Å²) >= 11 is 0. The Morgan fingerprint density at radius 1 is 0.418 bits per heavy atom. The van der Waals surface area contributed by atoms with Gasteiger partial charge < -0.3 is 8.82 Å². The molecule has 5 aromatic heterocycles. The average molecular weight is 701 g/mol. The molecule has 0 N–H and O–H groups in total. The minimum atomic E-state index is 0.611. The second-order valence-electron chi connectivity index (χ2n) is 14.5. The summed E-state index contributed by atoms with van der Waals surface area (Å²) in [6.45, 7) is 0. The maximum atomic E-state index is 6.58. The summed E-state index contributed by atoms with van der Waals surface area (Å²) < 4.78 is 11.3. The fraction of sp³-hybridized carbons (Fsp3) is 0. The van der Waals surface area contributed by atoms with Crippen LogP contribution in [-0.2, 0) is 0 Å². The van der Waals surface area contributed by atoms with E-state index in [0.717, 1.165) is 44.3 Å². The molecular weight excluding hydrogens is 673 g/mol. The fourth-order valence-electron chi connectivity index (χ4n) is 9.31. The second kappa shape index (κ2) is 10.6. The van der Waals surface area contributed by atoms with Crippen molar-refractivity contribution in [3.8, 4) is 28.3 Å². The van der Waals surface area contributed by atoms with Gasteiger partial charge >= 0.3 is 0 Å². The number of hydrogen-bond donors (Lipinski definition) is 0. The molecule has 0 saturated carbocycles. The maximum Gasteiger partial charge on any atom is 0.236 e. The van der Waals surface area contributed by atoms with E-state index in [9.17, 15) is 0 Å². The summed E-state index contributed by atoms with van der Waals surface area (Å²) in [5.74, 6) is 0.611. The normalized spacial score (nSPS) is 12.4. The molecule has 0 spiro atoms. The number of furan rings is 1. The van der Waals surface area contributed by atoms with Gasteiger partial charge in [-0.15, -0.1) is 0 Å². The fourth-order valence-corrected chi connectivity index (χ4v) is 9.31. The van der Waals surface area contributed by atoms with E-state index in [-0.39, 0.29) is 0 Å². The molecule has 0 aliphatic heterocycles. The Morgan fingerprint density at radius 2 is 1.09 bits per heavy atom. The topological polar surface area (TPSA) is 48.3 Å². The Morgan fingerprint density at radius 3 is 1.95 bits per heavy atom. The molecular formula is C50H28N4O. The molecule has 0 radical (unpaired) electrons. The molecule has 0 amide bonds. The van der Waals surface area contributed by atoms with Crippen LogP contribution in [0.5, 0.6) is 0 Å².